The molecule has 1 atom stereocenters. The fraction of sp³-hybridized carbons (Fsp3) is 0.438. The first kappa shape index (κ1) is 16.2. The average molecular weight is 274 g/mol. The Morgan fingerprint density at radius 2 is 2.25 bits per heavy atom. The summed E-state index contributed by atoms with van der Waals surface area (Å²) < 4.78 is 5.03. The third kappa shape index (κ3) is 5.43. The molecule has 0 aliphatic heterocycles. The number of hydrogen-bond acceptors (Lipinski definition) is 3. The summed E-state index contributed by atoms with van der Waals surface area (Å²) in [6.45, 7) is 4.83. The van der Waals surface area contributed by atoms with Gasteiger partial charge in [-0.2, -0.15) is 0 Å². The van der Waals surface area contributed by atoms with Crippen LogP contribution in [0, 0.1) is 24.7 Å². The lowest BCUT2D eigenvalue weighted by molar-refractivity contribution is -0.117. The second kappa shape index (κ2) is 8.36. The maximum absolute atomic E-state index is 12.0. The minimum absolute atomic E-state index is 0.0331. The quantitative estimate of drug-likeness (QED) is 0.806. The Bertz CT molecular complexity index is 515. The molecule has 4 heteroatoms. The van der Waals surface area contributed by atoms with Crippen molar-refractivity contribution in [3.05, 3.63) is 29.3 Å². The van der Waals surface area contributed by atoms with Gasteiger partial charge in [-0.1, -0.05) is 24.8 Å². The van der Waals surface area contributed by atoms with E-state index in [0.717, 1.165) is 16.8 Å². The highest BCUT2D eigenvalue weighted by molar-refractivity contribution is 5.92. The molecule has 0 saturated carbocycles. The number of hydrogen-bond donors (Lipinski definition) is 2. The topological polar surface area (TPSA) is 64.3 Å². The van der Waals surface area contributed by atoms with Crippen LogP contribution in [0.1, 0.15) is 24.5 Å². The van der Waals surface area contributed by atoms with Crippen LogP contribution in [0.25, 0.3) is 0 Å². The number of nitrogens with two attached hydrogens (primary N) is 1. The van der Waals surface area contributed by atoms with Crippen LogP contribution in [0.2, 0.25) is 0 Å². The van der Waals surface area contributed by atoms with Gasteiger partial charge in [-0.25, -0.2) is 0 Å². The Kier molecular flexibility index (Phi) is 6.78. The summed E-state index contributed by atoms with van der Waals surface area (Å²) in [5, 5.41) is 2.90. The molecule has 0 aliphatic carbocycles. The summed E-state index contributed by atoms with van der Waals surface area (Å²) in [7, 11) is 1.63. The van der Waals surface area contributed by atoms with Gasteiger partial charge >= 0.3 is 0 Å². The average Bonchev–Trinajstić information content (AvgIpc) is 2.39. The molecule has 0 fully saturated rings. The van der Waals surface area contributed by atoms with E-state index in [2.05, 4.69) is 17.2 Å². The first-order valence-electron chi connectivity index (χ1n) is 6.65. The van der Waals surface area contributed by atoms with Gasteiger partial charge in [0.05, 0.1) is 12.2 Å². The smallest absolute Gasteiger partial charge is 0.224 e. The molecule has 0 bridgehead atoms. The van der Waals surface area contributed by atoms with Gasteiger partial charge in [-0.15, -0.1) is 0 Å². The van der Waals surface area contributed by atoms with Crippen LogP contribution in [-0.2, 0) is 9.53 Å². The number of ether oxygens (including phenoxy) is 1. The maximum atomic E-state index is 12.0. The van der Waals surface area contributed by atoms with E-state index in [0.29, 0.717) is 19.6 Å². The zero-order valence-electron chi connectivity index (χ0n) is 12.3. The van der Waals surface area contributed by atoms with E-state index in [9.17, 15) is 4.79 Å². The summed E-state index contributed by atoms with van der Waals surface area (Å²) in [5.74, 6) is 5.95. The van der Waals surface area contributed by atoms with Crippen molar-refractivity contribution in [1.82, 2.24) is 0 Å². The molecular formula is C16H22N2O2. The van der Waals surface area contributed by atoms with E-state index in [1.165, 1.54) is 0 Å². The largest absolute Gasteiger partial charge is 0.384 e. The lowest BCUT2D eigenvalue weighted by Crippen LogP contribution is -2.18. The monoisotopic (exact) mass is 274 g/mol. The number of carbonyl (C=O) groups excluding carboxylic acids is 1. The van der Waals surface area contributed by atoms with Crippen molar-refractivity contribution < 1.29 is 9.53 Å². The standard InChI is InChI=1S/C16H22N2O2/c1-12-6-7-15(14(9-12)5-4-8-17)18-16(19)10-13(2)11-20-3/h6-7,9,13H,8,10-11,17H2,1-3H3,(H,18,19). The number of aryl methyl sites for hydroxylation is 1. The Balaban J connectivity index is 2.78. The lowest BCUT2D eigenvalue weighted by atomic mass is 10.1. The van der Waals surface area contributed by atoms with E-state index in [1.807, 2.05) is 32.0 Å². The van der Waals surface area contributed by atoms with Crippen molar-refractivity contribution >= 4 is 11.6 Å². The molecule has 0 aliphatic rings. The second-order valence-corrected chi connectivity index (χ2v) is 4.87. The third-order valence-electron chi connectivity index (χ3n) is 2.76. The highest BCUT2D eigenvalue weighted by Gasteiger charge is 2.10. The van der Waals surface area contributed by atoms with Gasteiger partial charge in [0, 0.05) is 25.7 Å². The van der Waals surface area contributed by atoms with Gasteiger partial charge < -0.3 is 15.8 Å². The molecular weight excluding hydrogens is 252 g/mol. The zero-order chi connectivity index (χ0) is 15.0. The Labute approximate surface area is 120 Å². The molecule has 1 rings (SSSR count). The third-order valence-corrected chi connectivity index (χ3v) is 2.76. The van der Waals surface area contributed by atoms with Crippen molar-refractivity contribution in [1.29, 1.82) is 0 Å². The van der Waals surface area contributed by atoms with Gasteiger partial charge in [-0.3, -0.25) is 4.79 Å². The van der Waals surface area contributed by atoms with Crippen molar-refractivity contribution in [3.63, 3.8) is 0 Å². The molecule has 1 aromatic rings. The highest BCUT2D eigenvalue weighted by Crippen LogP contribution is 2.17. The first-order valence-corrected chi connectivity index (χ1v) is 6.65. The first-order chi connectivity index (χ1) is 9.56. The van der Waals surface area contributed by atoms with Crippen LogP contribution >= 0.6 is 0 Å². The minimum atomic E-state index is -0.0331. The van der Waals surface area contributed by atoms with Crippen LogP contribution in [-0.4, -0.2) is 26.2 Å². The summed E-state index contributed by atoms with van der Waals surface area (Å²) >= 11 is 0. The number of anilines is 1. The summed E-state index contributed by atoms with van der Waals surface area (Å²) in [6, 6.07) is 5.76. The summed E-state index contributed by atoms with van der Waals surface area (Å²) in [6.07, 6.45) is 0.422. The SMILES string of the molecule is COCC(C)CC(=O)Nc1ccc(C)cc1C#CCN. The summed E-state index contributed by atoms with van der Waals surface area (Å²) in [4.78, 5) is 12.0. The van der Waals surface area contributed by atoms with E-state index < -0.39 is 0 Å². The zero-order valence-corrected chi connectivity index (χ0v) is 12.3. The molecule has 1 amide bonds. The van der Waals surface area contributed by atoms with Gasteiger partial charge in [0.15, 0.2) is 0 Å². The minimum Gasteiger partial charge on any atom is -0.384 e. The highest BCUT2D eigenvalue weighted by atomic mass is 16.5. The fourth-order valence-electron chi connectivity index (χ4n) is 1.88. The molecule has 20 heavy (non-hydrogen) atoms. The van der Waals surface area contributed by atoms with Crippen molar-refractivity contribution in [2.24, 2.45) is 11.7 Å². The molecule has 0 aromatic heterocycles. The van der Waals surface area contributed by atoms with Gasteiger partial charge in [0.25, 0.3) is 0 Å². The van der Waals surface area contributed by atoms with E-state index in [1.54, 1.807) is 7.11 Å². The fourth-order valence-corrected chi connectivity index (χ4v) is 1.88. The van der Waals surface area contributed by atoms with Gasteiger partial charge in [0.2, 0.25) is 5.91 Å². The lowest BCUT2D eigenvalue weighted by Gasteiger charge is -2.12. The van der Waals surface area contributed by atoms with Gasteiger partial charge in [0.1, 0.15) is 0 Å². The predicted octanol–water partition coefficient (Wildman–Crippen LogP) is 1.92. The van der Waals surface area contributed by atoms with Crippen molar-refractivity contribution in [3.8, 4) is 11.8 Å². The Morgan fingerprint density at radius 1 is 1.50 bits per heavy atom. The summed E-state index contributed by atoms with van der Waals surface area (Å²) in [5.41, 5.74) is 8.01. The van der Waals surface area contributed by atoms with Crippen LogP contribution in [0.4, 0.5) is 5.69 Å². The normalized spacial score (nSPS) is 11.4. The van der Waals surface area contributed by atoms with Gasteiger partial charge in [-0.05, 0) is 30.5 Å². The van der Waals surface area contributed by atoms with Crippen LogP contribution in [0.5, 0.6) is 0 Å². The molecule has 1 aromatic carbocycles. The molecule has 4 nitrogen and oxygen atoms in total. The molecule has 0 radical (unpaired) electrons. The van der Waals surface area contributed by atoms with E-state index in [4.69, 9.17) is 10.5 Å². The number of methoxy groups -OCH3 is 1. The number of carbonyl (C=O) groups is 1. The van der Waals surface area contributed by atoms with Crippen LogP contribution in [0.15, 0.2) is 18.2 Å². The van der Waals surface area contributed by atoms with Crippen LogP contribution < -0.4 is 11.1 Å². The predicted molar refractivity (Wildman–Crippen MR) is 81.4 cm³/mol. The Morgan fingerprint density at radius 3 is 2.90 bits per heavy atom. The van der Waals surface area contributed by atoms with Crippen molar-refractivity contribution in [2.45, 2.75) is 20.3 Å². The molecule has 108 valence electrons. The second-order valence-electron chi connectivity index (χ2n) is 4.87. The number of nitrogens with one attached hydrogen (secondary N) is 1. The Hall–Kier alpha value is -1.83. The van der Waals surface area contributed by atoms with Crippen molar-refractivity contribution in [2.75, 3.05) is 25.6 Å². The molecule has 0 heterocycles. The van der Waals surface area contributed by atoms with Crippen LogP contribution in [0.3, 0.4) is 0 Å². The maximum Gasteiger partial charge on any atom is 0.224 e. The molecule has 0 spiro atoms. The van der Waals surface area contributed by atoms with E-state index >= 15 is 0 Å². The molecule has 3 N–H and O–H groups in total. The molecule has 1 unspecified atom stereocenters. The number of amides is 1. The number of benzene rings is 1. The molecule has 0 saturated heterocycles. The number of rotatable bonds is 5. The van der Waals surface area contributed by atoms with E-state index in [-0.39, 0.29) is 11.8 Å².